The van der Waals surface area contributed by atoms with E-state index in [1.807, 2.05) is 36.4 Å². The number of halogens is 27. The normalized spacial score (nSPS) is 12.3. The summed E-state index contributed by atoms with van der Waals surface area (Å²) in [4.78, 5) is 2.37. The van der Waals surface area contributed by atoms with Crippen molar-refractivity contribution in [2.45, 2.75) is 83.3 Å². The molecule has 20 aromatic rings. The Balaban J connectivity index is 0.000000160. The van der Waals surface area contributed by atoms with Gasteiger partial charge in [0.15, 0.2) is 0 Å². The first-order chi connectivity index (χ1) is 65.8. The number of alkyl halides is 27. The minimum absolute atomic E-state index is 0. The van der Waals surface area contributed by atoms with Crippen LogP contribution in [0, 0.1) is 52.0 Å². The van der Waals surface area contributed by atoms with Crippen molar-refractivity contribution in [2.24, 2.45) is 0 Å². The van der Waals surface area contributed by atoms with Crippen LogP contribution >= 0.6 is 45.3 Å². The Morgan fingerprint density at radius 3 is 0.771 bits per heavy atom. The molecule has 12 aromatic carbocycles. The third kappa shape index (κ3) is 21.9. The fourth-order valence-electron chi connectivity index (χ4n) is 16.6. The fraction of sp³-hybridized carbons (Fsp3) is 0.129. The first-order valence-corrected chi connectivity index (χ1v) is 44.2. The minimum Gasteiger partial charge on any atom is -0.237 e. The molecule has 0 unspecified atom stereocenters. The van der Waals surface area contributed by atoms with Crippen LogP contribution in [-0.2, 0) is 136 Å². The first-order valence-electron chi connectivity index (χ1n) is 40.7. The van der Waals surface area contributed by atoms with Gasteiger partial charge in [0, 0.05) is 147 Å². The van der Waals surface area contributed by atoms with Crippen molar-refractivity contribution < 1.29 is 199 Å². The zero-order chi connectivity index (χ0) is 100. The van der Waals surface area contributed by atoms with Gasteiger partial charge < -0.3 is 0 Å². The Morgan fingerprint density at radius 2 is 0.479 bits per heavy atom. The number of rotatable bonds is 8. The summed E-state index contributed by atoms with van der Waals surface area (Å²) >= 11 is 5.21. The molecule has 0 saturated heterocycles. The predicted octanol–water partition coefficient (Wildman–Crippen LogP) is 34.3. The molecule has 0 fully saturated rings. The number of aryl methyl sites for hydroxylation is 3. The minimum atomic E-state index is -5.96. The van der Waals surface area contributed by atoms with E-state index >= 15 is 0 Å². The van der Waals surface area contributed by atoms with Crippen molar-refractivity contribution >= 4 is 132 Å². The fourth-order valence-corrected chi connectivity index (χ4v) is 19.3. The molecule has 0 aliphatic rings. The summed E-state index contributed by atoms with van der Waals surface area (Å²) in [7, 11) is 0. The molecule has 8 nitrogen and oxygen atoms in total. The molecule has 0 saturated carbocycles. The monoisotopic (exact) mass is 2790 g/mol. The molecule has 0 amide bonds. The third-order valence-corrected chi connectivity index (χ3v) is 26.0. The molecule has 0 atom stereocenters. The Labute approximate surface area is 865 Å². The molecule has 0 bridgehead atoms. The number of hydrogen-bond donors (Lipinski definition) is 0. The first kappa shape index (κ1) is 110. The standard InChI is InChI=1S/C26H15F6N2S.C25H10F9N2S.2C25H13F6N2S.4Ir/c1-13-10-19(25(27,28)29)22(26(30,31)32)21(14(13)2)24-18-12-16-7-4-3-6-15(16)11-17(18)23(33-34-24)20-8-5-9-35-20;26-23(27,28)17-8-7-14(19(24(29,30)31)20(17)25(32,33)34)21-15-10-12-4-1-2-5-13(12)11-16(15)22(36-35-21)18-6-3-9-37-18;1-13-8-9-18(24(26,27)28)21(25(29,30)31)20(13)23-17-12-15-6-3-2-5-14(15)11-16(17)22(32-33-23)19-7-4-10-34-19;1-13-9-16(24(26,27)28)12-19(25(29,30)31)21(13)23-18-11-15-6-3-2-5-14(15)10-17(18)22(32-33-23)20-7-4-8-34-20;;;;/h3-7,9-12H,1-2H3;1-5,7-11H;2*2-6,8-12H,1H3;;;;/q4*-1;;;;. The second-order valence-electron chi connectivity index (χ2n) is 31.5. The van der Waals surface area contributed by atoms with E-state index in [9.17, 15) is 119 Å². The van der Waals surface area contributed by atoms with E-state index in [4.69, 9.17) is 0 Å². The molecule has 0 N–H and O–H groups in total. The van der Waals surface area contributed by atoms with Crippen LogP contribution in [0.3, 0.4) is 0 Å². The maximum Gasteiger partial charge on any atom is 0.417 e. The van der Waals surface area contributed by atoms with Crippen LogP contribution in [0.5, 0.6) is 0 Å². The molecule has 0 aliphatic carbocycles. The van der Waals surface area contributed by atoms with E-state index in [0.717, 1.165) is 27.6 Å². The van der Waals surface area contributed by atoms with Gasteiger partial charge in [-0.1, -0.05) is 153 Å². The smallest absolute Gasteiger partial charge is 0.237 e. The van der Waals surface area contributed by atoms with Gasteiger partial charge in [-0.25, -0.2) is 65.7 Å². The summed E-state index contributed by atoms with van der Waals surface area (Å²) in [6.45, 7) is 5.28. The predicted molar refractivity (Wildman–Crippen MR) is 482 cm³/mol. The summed E-state index contributed by atoms with van der Waals surface area (Å²) in [5.41, 5.74) is -20.2. The maximum absolute atomic E-state index is 14.2. The van der Waals surface area contributed by atoms with Gasteiger partial charge in [0.05, 0.1) is 72.8 Å². The molecule has 144 heavy (non-hydrogen) atoms. The molecule has 748 valence electrons. The van der Waals surface area contributed by atoms with Crippen LogP contribution in [0.1, 0.15) is 72.3 Å². The number of thiophene rings is 4. The van der Waals surface area contributed by atoms with Crippen molar-refractivity contribution in [1.82, 2.24) is 40.8 Å². The second kappa shape index (κ2) is 41.5. The summed E-state index contributed by atoms with van der Waals surface area (Å²) in [6, 6.07) is 63.7. The van der Waals surface area contributed by atoms with Crippen LogP contribution in [0.15, 0.2) is 234 Å². The Morgan fingerprint density at radius 1 is 0.215 bits per heavy atom. The molecule has 0 spiro atoms. The third-order valence-electron chi connectivity index (χ3n) is 22.8. The number of benzene rings is 12. The molecule has 0 aliphatic heterocycles. The van der Waals surface area contributed by atoms with Gasteiger partial charge in [0.2, 0.25) is 0 Å². The van der Waals surface area contributed by atoms with Gasteiger partial charge in [-0.15, -0.1) is 21.5 Å². The van der Waals surface area contributed by atoms with Crippen molar-refractivity contribution in [3.63, 3.8) is 0 Å². The van der Waals surface area contributed by atoms with Crippen LogP contribution < -0.4 is 0 Å². The van der Waals surface area contributed by atoms with Gasteiger partial charge in [-0.05, 0) is 169 Å². The van der Waals surface area contributed by atoms with E-state index in [-0.39, 0.29) is 159 Å². The molecule has 8 heterocycles. The maximum atomic E-state index is 14.2. The van der Waals surface area contributed by atoms with E-state index in [0.29, 0.717) is 104 Å². The van der Waals surface area contributed by atoms with E-state index < -0.39 is 134 Å². The molecule has 43 heteroatoms. The zero-order valence-electron chi connectivity index (χ0n) is 72.3. The van der Waals surface area contributed by atoms with Crippen molar-refractivity contribution in [1.29, 1.82) is 0 Å². The second-order valence-corrected chi connectivity index (χ2v) is 35.2. The molecule has 4 radical (unpaired) electrons. The van der Waals surface area contributed by atoms with Crippen molar-refractivity contribution in [3.8, 4) is 87.3 Å². The van der Waals surface area contributed by atoms with Crippen molar-refractivity contribution in [2.75, 3.05) is 0 Å². The number of hydrogen-bond acceptors (Lipinski definition) is 12. The van der Waals surface area contributed by atoms with E-state index in [1.165, 1.54) is 79.1 Å². The van der Waals surface area contributed by atoms with E-state index in [1.54, 1.807) is 149 Å². The summed E-state index contributed by atoms with van der Waals surface area (Å²) in [5.74, 6) is 0. The summed E-state index contributed by atoms with van der Waals surface area (Å²) in [6.07, 6.45) is -48.4. The Bertz CT molecular complexity index is 8230. The average molecular weight is 2790 g/mol. The number of aromatic nitrogens is 8. The molecule has 20 rings (SSSR count). The van der Waals surface area contributed by atoms with Gasteiger partial charge in [0.25, 0.3) is 0 Å². The van der Waals surface area contributed by atoms with Crippen LogP contribution in [-0.4, -0.2) is 40.8 Å². The molecular formula is C101H51F27Ir4N8S4-4. The van der Waals surface area contributed by atoms with Crippen LogP contribution in [0.4, 0.5) is 119 Å². The van der Waals surface area contributed by atoms with Crippen LogP contribution in [0.2, 0.25) is 0 Å². The van der Waals surface area contributed by atoms with E-state index in [2.05, 4.69) is 65.1 Å². The van der Waals surface area contributed by atoms with Gasteiger partial charge in [-0.2, -0.15) is 187 Å². The molecule has 8 aromatic heterocycles. The Hall–Kier alpha value is -11.5. The topological polar surface area (TPSA) is 103 Å². The van der Waals surface area contributed by atoms with Gasteiger partial charge in [-0.3, -0.25) is 0 Å². The number of nitrogens with zero attached hydrogens (tertiary/aromatic N) is 8. The van der Waals surface area contributed by atoms with Crippen molar-refractivity contribution in [3.05, 3.63) is 330 Å². The molecular weight excluding hydrogens is 2740 g/mol. The average Bonchev–Trinajstić information content (AvgIpc) is 0.843. The largest absolute Gasteiger partial charge is 0.417 e. The van der Waals surface area contributed by atoms with Gasteiger partial charge >= 0.3 is 55.6 Å². The van der Waals surface area contributed by atoms with Gasteiger partial charge in [0.1, 0.15) is 0 Å². The quantitative estimate of drug-likeness (QED) is 0.0842. The zero-order valence-corrected chi connectivity index (χ0v) is 85.1. The summed E-state index contributed by atoms with van der Waals surface area (Å²) < 4.78 is 373. The summed E-state index contributed by atoms with van der Waals surface area (Å²) in [5, 5.41) is 48.2. The van der Waals surface area contributed by atoms with Crippen LogP contribution in [0.25, 0.3) is 173 Å². The number of fused-ring (bicyclic) bond motifs is 8. The Kier molecular flexibility index (Phi) is 31.6. The SMILES string of the molecule is Cc1cc(C(F)(F)F)c(C(F)(F)F)c(-c2nnc(-c3[c-]ccs3)c3cc4ccccc4cc23)c1C.Cc1cc(C(F)(F)F)cc(C(F)(F)F)c1-c1nnc(-c2[c-]ccs2)c2cc3ccccc3cc12.Cc1ccc(C(F)(F)F)c(C(F)(F)F)c1-c1nnc(-c2[c-]ccs2)c2cc3ccccc3cc12.FC(F)(F)c1ccc(-c2nnc(-c3[c-]ccs3)c3cc4ccccc4cc23)c(C(F)(F)F)c1C(F)(F)F.[Ir].[Ir].[Ir].[Ir].